The van der Waals surface area contributed by atoms with Crippen molar-refractivity contribution in [1.29, 1.82) is 0 Å². The van der Waals surface area contributed by atoms with Gasteiger partial charge in [-0.15, -0.1) is 0 Å². The first kappa shape index (κ1) is 14.2. The molecule has 98 valence electrons. The van der Waals surface area contributed by atoms with E-state index in [1.165, 1.54) is 0 Å². The molecule has 0 saturated heterocycles. The Morgan fingerprint density at radius 3 is 2.06 bits per heavy atom. The maximum Gasteiger partial charge on any atom is 0.316 e. The Bertz CT molecular complexity index is 440. The van der Waals surface area contributed by atoms with Gasteiger partial charge in [0.25, 0.3) is 0 Å². The van der Waals surface area contributed by atoms with Gasteiger partial charge in [-0.2, -0.15) is 0 Å². The van der Waals surface area contributed by atoms with E-state index in [2.05, 4.69) is 0 Å². The number of hydrogen-bond donors (Lipinski definition) is 1. The summed E-state index contributed by atoms with van der Waals surface area (Å²) in [5.41, 5.74) is 0.116. The molecule has 0 aromatic heterocycles. The van der Waals surface area contributed by atoms with Crippen LogP contribution in [0.25, 0.3) is 0 Å². The van der Waals surface area contributed by atoms with E-state index in [0.717, 1.165) is 0 Å². The van der Waals surface area contributed by atoms with E-state index in [-0.39, 0.29) is 5.97 Å². The third-order valence-electron chi connectivity index (χ3n) is 2.57. The Morgan fingerprint density at radius 1 is 1.17 bits per heavy atom. The van der Waals surface area contributed by atoms with Crippen molar-refractivity contribution >= 4 is 11.9 Å². The molecule has 0 radical (unpaired) electrons. The highest BCUT2D eigenvalue weighted by Gasteiger charge is 2.23. The summed E-state index contributed by atoms with van der Waals surface area (Å²) in [4.78, 5) is 22.5. The minimum atomic E-state index is -0.880. The first-order chi connectivity index (χ1) is 8.21. The zero-order chi connectivity index (χ0) is 13.9. The van der Waals surface area contributed by atoms with Crippen LogP contribution in [0.3, 0.4) is 0 Å². The molecule has 0 heterocycles. The van der Waals surface area contributed by atoms with E-state index in [1.807, 2.05) is 0 Å². The van der Waals surface area contributed by atoms with Crippen molar-refractivity contribution in [1.82, 2.24) is 0 Å². The van der Waals surface area contributed by atoms with Crippen molar-refractivity contribution in [2.45, 2.75) is 33.6 Å². The minimum absolute atomic E-state index is 0.318. The maximum atomic E-state index is 11.6. The molecule has 1 unspecified atom stereocenters. The number of benzene rings is 1. The fraction of sp³-hybridized carbons (Fsp3) is 0.429. The molecule has 4 nitrogen and oxygen atoms in total. The smallest absolute Gasteiger partial charge is 0.316 e. The van der Waals surface area contributed by atoms with E-state index in [4.69, 9.17) is 9.84 Å². The summed E-state index contributed by atoms with van der Waals surface area (Å²) in [6.45, 7) is 6.93. The molecule has 1 aromatic rings. The van der Waals surface area contributed by atoms with Crippen LogP contribution in [0.2, 0.25) is 0 Å². The number of carboxylic acids is 1. The second kappa shape index (κ2) is 5.21. The standard InChI is InChI=1S/C14H18O4/c1-9(12(15)16)10-5-7-11(8-6-10)18-13(17)14(2,3)4/h5-9H,1-4H3,(H,15,16). The molecule has 0 bridgehead atoms. The topological polar surface area (TPSA) is 63.6 Å². The van der Waals surface area contributed by atoms with Gasteiger partial charge in [0.1, 0.15) is 5.75 Å². The van der Waals surface area contributed by atoms with Gasteiger partial charge >= 0.3 is 11.9 Å². The zero-order valence-electron chi connectivity index (χ0n) is 11.1. The van der Waals surface area contributed by atoms with Crippen LogP contribution in [0.15, 0.2) is 24.3 Å². The van der Waals surface area contributed by atoms with Crippen LogP contribution in [0.1, 0.15) is 39.2 Å². The monoisotopic (exact) mass is 250 g/mol. The Morgan fingerprint density at radius 2 is 1.67 bits per heavy atom. The van der Waals surface area contributed by atoms with Crippen molar-refractivity contribution in [3.05, 3.63) is 29.8 Å². The van der Waals surface area contributed by atoms with Gasteiger partial charge in [0, 0.05) is 0 Å². The third kappa shape index (κ3) is 3.58. The second-order valence-electron chi connectivity index (χ2n) is 5.27. The molecule has 1 aromatic carbocycles. The Balaban J connectivity index is 2.78. The number of ether oxygens (including phenoxy) is 1. The van der Waals surface area contributed by atoms with Crippen LogP contribution in [0, 0.1) is 5.41 Å². The van der Waals surface area contributed by atoms with Crippen LogP contribution in [-0.2, 0) is 9.59 Å². The highest BCUT2D eigenvalue weighted by atomic mass is 16.5. The average molecular weight is 250 g/mol. The van der Waals surface area contributed by atoms with Gasteiger partial charge in [-0.05, 0) is 45.4 Å². The molecule has 0 aliphatic heterocycles. The molecule has 1 N–H and O–H groups in total. The molecule has 0 aliphatic carbocycles. The summed E-state index contributed by atoms with van der Waals surface area (Å²) < 4.78 is 5.19. The average Bonchev–Trinajstić information content (AvgIpc) is 2.27. The number of aliphatic carboxylic acids is 1. The lowest BCUT2D eigenvalue weighted by Crippen LogP contribution is -2.25. The van der Waals surface area contributed by atoms with Crippen LogP contribution < -0.4 is 4.74 Å². The molecule has 1 atom stereocenters. The second-order valence-corrected chi connectivity index (χ2v) is 5.27. The van der Waals surface area contributed by atoms with Crippen molar-refractivity contribution in [3.63, 3.8) is 0 Å². The lowest BCUT2D eigenvalue weighted by Gasteiger charge is -2.16. The molecule has 0 fully saturated rings. The first-order valence-electron chi connectivity index (χ1n) is 5.77. The summed E-state index contributed by atoms with van der Waals surface area (Å²) in [6, 6.07) is 6.53. The van der Waals surface area contributed by atoms with Gasteiger partial charge in [0.2, 0.25) is 0 Å². The van der Waals surface area contributed by atoms with Gasteiger partial charge in [-0.1, -0.05) is 12.1 Å². The summed E-state index contributed by atoms with van der Waals surface area (Å²) in [5.74, 6) is -1.34. The normalized spacial score (nSPS) is 12.9. The number of carboxylic acid groups (broad SMARTS) is 1. The molecular formula is C14H18O4. The van der Waals surface area contributed by atoms with Crippen molar-refractivity contribution in [3.8, 4) is 5.75 Å². The molecular weight excluding hydrogens is 232 g/mol. The maximum absolute atomic E-state index is 11.6. The Kier molecular flexibility index (Phi) is 4.11. The van der Waals surface area contributed by atoms with Crippen LogP contribution in [0.5, 0.6) is 5.75 Å². The molecule has 0 amide bonds. The summed E-state index contributed by atoms with van der Waals surface area (Å²) in [7, 11) is 0. The van der Waals surface area contributed by atoms with E-state index in [1.54, 1.807) is 52.0 Å². The highest BCUT2D eigenvalue weighted by Crippen LogP contribution is 2.22. The van der Waals surface area contributed by atoms with Crippen LogP contribution in [-0.4, -0.2) is 17.0 Å². The molecule has 0 spiro atoms. The van der Waals surface area contributed by atoms with Crippen molar-refractivity contribution in [2.75, 3.05) is 0 Å². The SMILES string of the molecule is CC(C(=O)O)c1ccc(OC(=O)C(C)(C)C)cc1. The van der Waals surface area contributed by atoms with E-state index in [0.29, 0.717) is 11.3 Å². The predicted molar refractivity (Wildman–Crippen MR) is 67.6 cm³/mol. The fourth-order valence-corrected chi connectivity index (χ4v) is 1.23. The minimum Gasteiger partial charge on any atom is -0.481 e. The van der Waals surface area contributed by atoms with E-state index >= 15 is 0 Å². The number of carbonyl (C=O) groups is 2. The summed E-state index contributed by atoms with van der Waals surface area (Å²) in [5, 5.41) is 8.87. The third-order valence-corrected chi connectivity index (χ3v) is 2.57. The molecule has 0 aliphatic rings. The first-order valence-corrected chi connectivity index (χ1v) is 5.77. The van der Waals surface area contributed by atoms with Crippen molar-refractivity contribution < 1.29 is 19.4 Å². The van der Waals surface area contributed by atoms with Crippen molar-refractivity contribution in [2.24, 2.45) is 5.41 Å². The Labute approximate surface area is 107 Å². The number of rotatable bonds is 3. The van der Waals surface area contributed by atoms with Gasteiger partial charge in [-0.25, -0.2) is 0 Å². The van der Waals surface area contributed by atoms with Crippen LogP contribution in [0.4, 0.5) is 0 Å². The number of carbonyl (C=O) groups excluding carboxylic acids is 1. The fourth-order valence-electron chi connectivity index (χ4n) is 1.23. The molecule has 1 rings (SSSR count). The highest BCUT2D eigenvalue weighted by molar-refractivity contribution is 5.78. The van der Waals surface area contributed by atoms with Crippen LogP contribution >= 0.6 is 0 Å². The molecule has 18 heavy (non-hydrogen) atoms. The predicted octanol–water partition coefficient (Wildman–Crippen LogP) is 2.83. The van der Waals surface area contributed by atoms with Gasteiger partial charge in [0.05, 0.1) is 11.3 Å². The Hall–Kier alpha value is -1.84. The van der Waals surface area contributed by atoms with Gasteiger partial charge < -0.3 is 9.84 Å². The van der Waals surface area contributed by atoms with Gasteiger partial charge in [-0.3, -0.25) is 9.59 Å². The van der Waals surface area contributed by atoms with Gasteiger partial charge in [0.15, 0.2) is 0 Å². The largest absolute Gasteiger partial charge is 0.481 e. The lowest BCUT2D eigenvalue weighted by atomic mass is 9.97. The quantitative estimate of drug-likeness (QED) is 0.661. The summed E-state index contributed by atoms with van der Waals surface area (Å²) >= 11 is 0. The van der Waals surface area contributed by atoms with E-state index in [9.17, 15) is 9.59 Å². The molecule has 4 heteroatoms. The molecule has 0 saturated carbocycles. The summed E-state index contributed by atoms with van der Waals surface area (Å²) in [6.07, 6.45) is 0. The lowest BCUT2D eigenvalue weighted by molar-refractivity contribution is -0.143. The number of esters is 1. The number of hydrogen-bond acceptors (Lipinski definition) is 3. The van der Waals surface area contributed by atoms with E-state index < -0.39 is 17.3 Å². The zero-order valence-corrected chi connectivity index (χ0v) is 11.1.